The van der Waals surface area contributed by atoms with Gasteiger partial charge in [-0.3, -0.25) is 0 Å². The van der Waals surface area contributed by atoms with E-state index in [0.717, 1.165) is 5.56 Å². The molecule has 0 aliphatic heterocycles. The van der Waals surface area contributed by atoms with Gasteiger partial charge in [0.2, 0.25) is 15.9 Å². The van der Waals surface area contributed by atoms with Crippen molar-refractivity contribution in [3.05, 3.63) is 42.0 Å². The molecular formula is C12H16N4O3S. The summed E-state index contributed by atoms with van der Waals surface area (Å²) in [6, 6.07) is 6.56. The van der Waals surface area contributed by atoms with Crippen molar-refractivity contribution < 1.29 is 12.9 Å². The summed E-state index contributed by atoms with van der Waals surface area (Å²) in [6.07, 6.45) is 2.00. The molecule has 1 aromatic heterocycles. The number of benzene rings is 1. The fourth-order valence-electron chi connectivity index (χ4n) is 1.77. The first-order valence-electron chi connectivity index (χ1n) is 6.08. The summed E-state index contributed by atoms with van der Waals surface area (Å²) in [4.78, 5) is 4.04. The van der Waals surface area contributed by atoms with E-state index >= 15 is 0 Å². The average Bonchev–Trinajstić information content (AvgIpc) is 2.91. The molecule has 3 N–H and O–H groups in total. The lowest BCUT2D eigenvalue weighted by molar-refractivity contribution is 0.372. The predicted octanol–water partition coefficient (Wildman–Crippen LogP) is 0.610. The fourth-order valence-corrected chi connectivity index (χ4v) is 2.28. The van der Waals surface area contributed by atoms with Crippen LogP contribution in [0.1, 0.15) is 24.4 Å². The van der Waals surface area contributed by atoms with Gasteiger partial charge in [0.25, 0.3) is 0 Å². The van der Waals surface area contributed by atoms with Crippen LogP contribution in [0.2, 0.25) is 0 Å². The highest BCUT2D eigenvalue weighted by atomic mass is 32.2. The van der Waals surface area contributed by atoms with Crippen LogP contribution in [0.5, 0.6) is 0 Å². The van der Waals surface area contributed by atoms with E-state index in [4.69, 9.17) is 9.66 Å². The van der Waals surface area contributed by atoms with Crippen molar-refractivity contribution in [1.29, 1.82) is 0 Å². The van der Waals surface area contributed by atoms with Gasteiger partial charge in [0.05, 0.1) is 4.90 Å². The van der Waals surface area contributed by atoms with Crippen molar-refractivity contribution >= 4 is 10.0 Å². The van der Waals surface area contributed by atoms with Gasteiger partial charge in [-0.1, -0.05) is 17.3 Å². The zero-order valence-electron chi connectivity index (χ0n) is 11.0. The van der Waals surface area contributed by atoms with Crippen LogP contribution in [-0.4, -0.2) is 25.1 Å². The molecule has 0 saturated heterocycles. The van der Waals surface area contributed by atoms with Gasteiger partial charge in [0.1, 0.15) is 0 Å². The number of hydrogen-bond acceptors (Lipinski definition) is 6. The SMILES string of the molecule is CC(NCCc1ncno1)c1ccc(S(N)(=O)=O)cc1. The highest BCUT2D eigenvalue weighted by Gasteiger charge is 2.10. The molecule has 8 heteroatoms. The van der Waals surface area contributed by atoms with Crippen LogP contribution in [0.25, 0.3) is 0 Å². The summed E-state index contributed by atoms with van der Waals surface area (Å²) >= 11 is 0. The normalized spacial score (nSPS) is 13.3. The lowest BCUT2D eigenvalue weighted by Crippen LogP contribution is -2.21. The molecule has 1 heterocycles. The highest BCUT2D eigenvalue weighted by molar-refractivity contribution is 7.89. The van der Waals surface area contributed by atoms with E-state index in [1.807, 2.05) is 6.92 Å². The summed E-state index contributed by atoms with van der Waals surface area (Å²) in [5.41, 5.74) is 0.975. The Morgan fingerprint density at radius 2 is 2.05 bits per heavy atom. The molecule has 2 aromatic rings. The number of sulfonamides is 1. The lowest BCUT2D eigenvalue weighted by atomic mass is 10.1. The first-order valence-corrected chi connectivity index (χ1v) is 7.63. The molecule has 0 saturated carbocycles. The van der Waals surface area contributed by atoms with E-state index in [-0.39, 0.29) is 10.9 Å². The second-order valence-electron chi connectivity index (χ2n) is 4.37. The van der Waals surface area contributed by atoms with Crippen LogP contribution in [0, 0.1) is 0 Å². The second kappa shape index (κ2) is 6.12. The van der Waals surface area contributed by atoms with E-state index < -0.39 is 10.0 Å². The van der Waals surface area contributed by atoms with Gasteiger partial charge in [-0.25, -0.2) is 13.6 Å². The zero-order chi connectivity index (χ0) is 14.6. The number of primary sulfonamides is 1. The predicted molar refractivity (Wildman–Crippen MR) is 72.2 cm³/mol. The molecule has 108 valence electrons. The van der Waals surface area contributed by atoms with Gasteiger partial charge in [0.15, 0.2) is 6.33 Å². The Labute approximate surface area is 117 Å². The van der Waals surface area contributed by atoms with Gasteiger partial charge < -0.3 is 9.84 Å². The zero-order valence-corrected chi connectivity index (χ0v) is 11.8. The van der Waals surface area contributed by atoms with Gasteiger partial charge >= 0.3 is 0 Å². The summed E-state index contributed by atoms with van der Waals surface area (Å²) in [5.74, 6) is 0.578. The third-order valence-corrected chi connectivity index (χ3v) is 3.83. The number of nitrogens with one attached hydrogen (secondary N) is 1. The van der Waals surface area contributed by atoms with Crippen LogP contribution in [0.15, 0.2) is 40.0 Å². The number of aromatic nitrogens is 2. The minimum atomic E-state index is -3.64. The summed E-state index contributed by atoms with van der Waals surface area (Å²) in [5, 5.41) is 11.9. The van der Waals surface area contributed by atoms with Crippen LogP contribution in [0.4, 0.5) is 0 Å². The molecule has 1 unspecified atom stereocenters. The van der Waals surface area contributed by atoms with Gasteiger partial charge in [-0.2, -0.15) is 4.98 Å². The smallest absolute Gasteiger partial charge is 0.238 e. The Balaban J connectivity index is 1.90. The molecule has 1 atom stereocenters. The van der Waals surface area contributed by atoms with E-state index in [0.29, 0.717) is 18.9 Å². The minimum absolute atomic E-state index is 0.0763. The number of hydrogen-bond donors (Lipinski definition) is 2. The molecule has 0 fully saturated rings. The van der Waals surface area contributed by atoms with Crippen molar-refractivity contribution in [1.82, 2.24) is 15.5 Å². The maximum absolute atomic E-state index is 11.2. The maximum Gasteiger partial charge on any atom is 0.238 e. The lowest BCUT2D eigenvalue weighted by Gasteiger charge is -2.13. The van der Waals surface area contributed by atoms with Crippen molar-refractivity contribution in [3.63, 3.8) is 0 Å². The maximum atomic E-state index is 11.2. The summed E-state index contributed by atoms with van der Waals surface area (Å²) in [6.45, 7) is 2.67. The monoisotopic (exact) mass is 296 g/mol. The molecule has 0 bridgehead atoms. The number of rotatable bonds is 6. The van der Waals surface area contributed by atoms with Crippen LogP contribution < -0.4 is 10.5 Å². The topological polar surface area (TPSA) is 111 Å². The van der Waals surface area contributed by atoms with Crippen molar-refractivity contribution in [2.45, 2.75) is 24.3 Å². The molecule has 1 aromatic carbocycles. The first kappa shape index (κ1) is 14.6. The highest BCUT2D eigenvalue weighted by Crippen LogP contribution is 2.15. The quantitative estimate of drug-likeness (QED) is 0.808. The molecule has 0 aliphatic carbocycles. The van der Waals surface area contributed by atoms with Crippen molar-refractivity contribution in [2.24, 2.45) is 5.14 Å². The number of nitrogens with two attached hydrogens (primary N) is 1. The fraction of sp³-hybridized carbons (Fsp3) is 0.333. The van der Waals surface area contributed by atoms with E-state index in [1.165, 1.54) is 18.5 Å². The van der Waals surface area contributed by atoms with Gasteiger partial charge in [0, 0.05) is 19.0 Å². The molecule has 0 radical (unpaired) electrons. The van der Waals surface area contributed by atoms with Crippen molar-refractivity contribution in [3.8, 4) is 0 Å². The molecule has 20 heavy (non-hydrogen) atoms. The van der Waals surface area contributed by atoms with E-state index in [2.05, 4.69) is 15.5 Å². The summed E-state index contributed by atoms with van der Waals surface area (Å²) < 4.78 is 27.2. The molecule has 0 aliphatic rings. The van der Waals surface area contributed by atoms with Crippen LogP contribution in [0.3, 0.4) is 0 Å². The Hall–Kier alpha value is -1.77. The van der Waals surface area contributed by atoms with Gasteiger partial charge in [-0.15, -0.1) is 0 Å². The molecular weight excluding hydrogens is 280 g/mol. The van der Waals surface area contributed by atoms with Gasteiger partial charge in [-0.05, 0) is 24.6 Å². The van der Waals surface area contributed by atoms with Crippen molar-refractivity contribution in [2.75, 3.05) is 6.54 Å². The largest absolute Gasteiger partial charge is 0.340 e. The number of nitrogens with zero attached hydrogens (tertiary/aromatic N) is 2. The minimum Gasteiger partial charge on any atom is -0.340 e. The summed E-state index contributed by atoms with van der Waals surface area (Å²) in [7, 11) is -3.64. The Morgan fingerprint density at radius 1 is 1.35 bits per heavy atom. The van der Waals surface area contributed by atoms with E-state index in [9.17, 15) is 8.42 Å². The molecule has 2 rings (SSSR count). The van der Waals surface area contributed by atoms with Crippen LogP contribution in [-0.2, 0) is 16.4 Å². The first-order chi connectivity index (χ1) is 9.47. The Kier molecular flexibility index (Phi) is 4.48. The average molecular weight is 296 g/mol. The van der Waals surface area contributed by atoms with Crippen LogP contribution >= 0.6 is 0 Å². The Morgan fingerprint density at radius 3 is 2.60 bits per heavy atom. The standard InChI is InChI=1S/C12H16N4O3S/c1-9(14-7-6-12-15-8-16-19-12)10-2-4-11(5-3-10)20(13,17)18/h2-5,8-9,14H,6-7H2,1H3,(H2,13,17,18). The molecule has 0 amide bonds. The second-order valence-corrected chi connectivity index (χ2v) is 5.94. The molecule has 0 spiro atoms. The molecule has 7 nitrogen and oxygen atoms in total. The third kappa shape index (κ3) is 3.86. The van der Waals surface area contributed by atoms with E-state index in [1.54, 1.807) is 12.1 Å². The Bertz CT molecular complexity index is 638. The third-order valence-electron chi connectivity index (χ3n) is 2.90.